The smallest absolute Gasteiger partial charge is 0.314 e. The molecule has 1 unspecified atom stereocenters. The molecule has 0 saturated heterocycles. The monoisotopic (exact) mass is 168 g/mol. The van der Waals surface area contributed by atoms with Gasteiger partial charge in [0.1, 0.15) is 11.7 Å². The van der Waals surface area contributed by atoms with Crippen LogP contribution in [0.5, 0.6) is 0 Å². The molecule has 0 saturated carbocycles. The van der Waals surface area contributed by atoms with E-state index in [1.807, 2.05) is 13.8 Å². The molecule has 0 bridgehead atoms. The van der Waals surface area contributed by atoms with Gasteiger partial charge < -0.3 is 10.1 Å². The van der Waals surface area contributed by atoms with Crippen molar-refractivity contribution in [2.24, 2.45) is 5.92 Å². The maximum atomic E-state index is 10.8. The van der Waals surface area contributed by atoms with Crippen molar-refractivity contribution in [2.45, 2.75) is 19.8 Å². The Kier molecular flexibility index (Phi) is 2.47. The molecule has 1 heterocycles. The number of imidazole rings is 1. The van der Waals surface area contributed by atoms with Gasteiger partial charge in [0, 0.05) is 12.4 Å². The number of carbonyl (C=O) groups is 1. The maximum absolute atomic E-state index is 10.8. The lowest BCUT2D eigenvalue weighted by Crippen LogP contribution is -2.18. The van der Waals surface area contributed by atoms with Gasteiger partial charge in [-0.25, -0.2) is 4.98 Å². The lowest BCUT2D eigenvalue weighted by Gasteiger charge is -2.12. The van der Waals surface area contributed by atoms with Gasteiger partial charge in [0.15, 0.2) is 0 Å². The second kappa shape index (κ2) is 3.38. The molecule has 0 aromatic carbocycles. The number of nitrogens with one attached hydrogen (secondary N) is 1. The van der Waals surface area contributed by atoms with Gasteiger partial charge in [-0.1, -0.05) is 13.8 Å². The van der Waals surface area contributed by atoms with Gasteiger partial charge in [-0.2, -0.15) is 0 Å². The summed E-state index contributed by atoms with van der Waals surface area (Å²) in [7, 11) is 0. The fourth-order valence-corrected chi connectivity index (χ4v) is 1.17. The van der Waals surface area contributed by atoms with Crippen LogP contribution in [0.2, 0.25) is 0 Å². The average Bonchev–Trinajstić information content (AvgIpc) is 2.37. The summed E-state index contributed by atoms with van der Waals surface area (Å²) in [6.07, 6.45) is 3.20. The minimum absolute atomic E-state index is 0.0497. The summed E-state index contributed by atoms with van der Waals surface area (Å²) in [6, 6.07) is 0. The maximum Gasteiger partial charge on any atom is 0.314 e. The van der Waals surface area contributed by atoms with E-state index >= 15 is 0 Å². The number of H-pyrrole nitrogens is 1. The molecule has 1 aromatic rings. The number of carboxylic acids is 1. The summed E-state index contributed by atoms with van der Waals surface area (Å²) in [5.41, 5.74) is 0. The van der Waals surface area contributed by atoms with Crippen molar-refractivity contribution in [2.75, 3.05) is 0 Å². The van der Waals surface area contributed by atoms with Gasteiger partial charge in [-0.05, 0) is 5.92 Å². The highest BCUT2D eigenvalue weighted by molar-refractivity contribution is 5.75. The molecule has 0 aliphatic rings. The van der Waals surface area contributed by atoms with E-state index in [-0.39, 0.29) is 5.92 Å². The third kappa shape index (κ3) is 1.64. The van der Waals surface area contributed by atoms with E-state index in [9.17, 15) is 4.79 Å². The van der Waals surface area contributed by atoms with Crippen molar-refractivity contribution in [3.05, 3.63) is 18.2 Å². The van der Waals surface area contributed by atoms with Crippen LogP contribution >= 0.6 is 0 Å². The predicted octanol–water partition coefficient (Wildman–Crippen LogP) is 1.23. The summed E-state index contributed by atoms with van der Waals surface area (Å²) in [5, 5.41) is 8.86. The molecule has 4 heteroatoms. The van der Waals surface area contributed by atoms with Crippen molar-refractivity contribution in [3.8, 4) is 0 Å². The average molecular weight is 168 g/mol. The van der Waals surface area contributed by atoms with Crippen LogP contribution < -0.4 is 0 Å². The number of aliphatic carboxylic acids is 1. The zero-order valence-corrected chi connectivity index (χ0v) is 7.11. The Balaban J connectivity index is 2.88. The topological polar surface area (TPSA) is 66.0 Å². The highest BCUT2D eigenvalue weighted by Crippen LogP contribution is 2.20. The van der Waals surface area contributed by atoms with E-state index in [2.05, 4.69) is 9.97 Å². The molecule has 0 aliphatic carbocycles. The van der Waals surface area contributed by atoms with Crippen LogP contribution in [-0.2, 0) is 4.79 Å². The van der Waals surface area contributed by atoms with Crippen molar-refractivity contribution in [3.63, 3.8) is 0 Å². The van der Waals surface area contributed by atoms with Gasteiger partial charge in [-0.15, -0.1) is 0 Å². The van der Waals surface area contributed by atoms with Gasteiger partial charge in [0.05, 0.1) is 0 Å². The Morgan fingerprint density at radius 1 is 1.67 bits per heavy atom. The van der Waals surface area contributed by atoms with Crippen LogP contribution in [0.4, 0.5) is 0 Å². The van der Waals surface area contributed by atoms with E-state index in [0.717, 1.165) is 0 Å². The van der Waals surface area contributed by atoms with Gasteiger partial charge in [0.2, 0.25) is 0 Å². The highest BCUT2D eigenvalue weighted by atomic mass is 16.4. The van der Waals surface area contributed by atoms with Crippen LogP contribution in [0, 0.1) is 5.92 Å². The number of aromatic amines is 1. The minimum atomic E-state index is -0.833. The van der Waals surface area contributed by atoms with Crippen molar-refractivity contribution < 1.29 is 9.90 Å². The molecular weight excluding hydrogens is 156 g/mol. The third-order valence-electron chi connectivity index (χ3n) is 1.75. The van der Waals surface area contributed by atoms with Crippen LogP contribution in [0.15, 0.2) is 12.4 Å². The molecule has 1 atom stereocenters. The molecule has 2 N–H and O–H groups in total. The molecule has 1 rings (SSSR count). The Morgan fingerprint density at radius 2 is 2.33 bits per heavy atom. The molecule has 12 heavy (non-hydrogen) atoms. The lowest BCUT2D eigenvalue weighted by molar-refractivity contribution is -0.140. The molecule has 0 radical (unpaired) electrons. The zero-order valence-electron chi connectivity index (χ0n) is 7.11. The van der Waals surface area contributed by atoms with Crippen molar-refractivity contribution >= 4 is 5.97 Å². The first-order valence-corrected chi connectivity index (χ1v) is 3.85. The number of nitrogens with zero attached hydrogens (tertiary/aromatic N) is 1. The summed E-state index contributed by atoms with van der Waals surface area (Å²) < 4.78 is 0. The Bertz CT molecular complexity index is 254. The molecule has 4 nitrogen and oxygen atoms in total. The van der Waals surface area contributed by atoms with Crippen LogP contribution in [0.1, 0.15) is 25.6 Å². The molecule has 66 valence electrons. The van der Waals surface area contributed by atoms with E-state index in [4.69, 9.17) is 5.11 Å². The van der Waals surface area contributed by atoms with E-state index < -0.39 is 11.9 Å². The molecule has 0 fully saturated rings. The molecule has 0 aliphatic heterocycles. The van der Waals surface area contributed by atoms with Crippen LogP contribution in [0.3, 0.4) is 0 Å². The Morgan fingerprint density at radius 3 is 2.67 bits per heavy atom. The summed E-state index contributed by atoms with van der Waals surface area (Å²) in [5.74, 6) is -0.786. The summed E-state index contributed by atoms with van der Waals surface area (Å²) in [4.78, 5) is 17.5. The summed E-state index contributed by atoms with van der Waals surface area (Å²) >= 11 is 0. The number of hydrogen-bond donors (Lipinski definition) is 2. The largest absolute Gasteiger partial charge is 0.481 e. The summed E-state index contributed by atoms with van der Waals surface area (Å²) in [6.45, 7) is 3.72. The van der Waals surface area contributed by atoms with E-state index in [1.165, 1.54) is 0 Å². The lowest BCUT2D eigenvalue weighted by atomic mass is 9.95. The first-order chi connectivity index (χ1) is 5.63. The molecule has 0 spiro atoms. The standard InChI is InChI=1S/C8H12N2O2/c1-5(2)6(8(11)12)7-9-3-4-10-7/h3-6H,1-2H3,(H,9,10)(H,11,12). The van der Waals surface area contributed by atoms with Crippen LogP contribution in [-0.4, -0.2) is 21.0 Å². The first-order valence-electron chi connectivity index (χ1n) is 3.85. The fourth-order valence-electron chi connectivity index (χ4n) is 1.17. The first kappa shape index (κ1) is 8.77. The van der Waals surface area contributed by atoms with Crippen LogP contribution in [0.25, 0.3) is 0 Å². The Hall–Kier alpha value is -1.32. The normalized spacial score (nSPS) is 13.2. The SMILES string of the molecule is CC(C)C(C(=O)O)c1ncc[nH]1. The van der Waals surface area contributed by atoms with E-state index in [1.54, 1.807) is 12.4 Å². The number of carboxylic acid groups (broad SMARTS) is 1. The van der Waals surface area contributed by atoms with Gasteiger partial charge in [-0.3, -0.25) is 4.79 Å². The molecule has 0 amide bonds. The second-order valence-electron chi connectivity index (χ2n) is 3.03. The van der Waals surface area contributed by atoms with Gasteiger partial charge >= 0.3 is 5.97 Å². The second-order valence-corrected chi connectivity index (χ2v) is 3.03. The fraction of sp³-hybridized carbons (Fsp3) is 0.500. The minimum Gasteiger partial charge on any atom is -0.481 e. The molecule has 1 aromatic heterocycles. The van der Waals surface area contributed by atoms with E-state index in [0.29, 0.717) is 5.82 Å². The number of rotatable bonds is 3. The van der Waals surface area contributed by atoms with Gasteiger partial charge in [0.25, 0.3) is 0 Å². The third-order valence-corrected chi connectivity index (χ3v) is 1.75. The predicted molar refractivity (Wildman–Crippen MR) is 43.8 cm³/mol. The molecular formula is C8H12N2O2. The number of hydrogen-bond acceptors (Lipinski definition) is 2. The van der Waals surface area contributed by atoms with Crippen molar-refractivity contribution in [1.82, 2.24) is 9.97 Å². The quantitative estimate of drug-likeness (QED) is 0.713. The number of aromatic nitrogens is 2. The van der Waals surface area contributed by atoms with Crippen molar-refractivity contribution in [1.29, 1.82) is 0 Å². The Labute approximate surface area is 70.6 Å². The zero-order chi connectivity index (χ0) is 9.14. The highest BCUT2D eigenvalue weighted by Gasteiger charge is 2.25.